The highest BCUT2D eigenvalue weighted by Crippen LogP contribution is 2.19. The van der Waals surface area contributed by atoms with Crippen LogP contribution in [0, 0.1) is 5.92 Å². The molecule has 1 aliphatic rings. The van der Waals surface area contributed by atoms with Gasteiger partial charge in [-0.1, -0.05) is 39.2 Å². The van der Waals surface area contributed by atoms with Gasteiger partial charge in [-0.2, -0.15) is 0 Å². The number of ether oxygens (including phenoxy) is 1. The molecule has 5 heteroatoms. The average Bonchev–Trinajstić information content (AvgIpc) is 2.75. The normalized spacial score (nSPS) is 14.4. The van der Waals surface area contributed by atoms with Crippen LogP contribution in [-0.2, 0) is 0 Å². The van der Waals surface area contributed by atoms with E-state index in [4.69, 9.17) is 4.74 Å². The van der Waals surface area contributed by atoms with Crippen LogP contribution in [0.4, 0.5) is 5.69 Å². The van der Waals surface area contributed by atoms with Crippen LogP contribution in [0.15, 0.2) is 48.5 Å². The number of hydrogen-bond acceptors (Lipinski definition) is 3. The Kier molecular flexibility index (Phi) is 7.89. The van der Waals surface area contributed by atoms with Crippen LogP contribution >= 0.6 is 0 Å². The predicted octanol–water partition coefficient (Wildman–Crippen LogP) is 5.43. The Morgan fingerprint density at radius 3 is 2.40 bits per heavy atom. The maximum Gasteiger partial charge on any atom is 0.255 e. The average molecular weight is 409 g/mol. The first kappa shape index (κ1) is 21.9. The molecular weight excluding hydrogens is 376 g/mol. The lowest BCUT2D eigenvalue weighted by Gasteiger charge is -2.22. The Morgan fingerprint density at radius 2 is 1.70 bits per heavy atom. The van der Waals surface area contributed by atoms with E-state index < -0.39 is 0 Å². The molecule has 0 radical (unpaired) electrons. The number of anilines is 1. The summed E-state index contributed by atoms with van der Waals surface area (Å²) in [4.78, 5) is 25.1. The fraction of sp³-hybridized carbons (Fsp3) is 0.440. The van der Waals surface area contributed by atoms with Gasteiger partial charge >= 0.3 is 0 Å². The molecule has 1 fully saturated rings. The van der Waals surface area contributed by atoms with Gasteiger partial charge < -0.3 is 15.4 Å². The summed E-state index contributed by atoms with van der Waals surface area (Å²) in [5.74, 6) is 1.05. The van der Waals surface area contributed by atoms with E-state index in [2.05, 4.69) is 24.5 Å². The van der Waals surface area contributed by atoms with Gasteiger partial charge in [0.25, 0.3) is 11.8 Å². The fourth-order valence-electron chi connectivity index (χ4n) is 3.57. The molecule has 0 spiro atoms. The van der Waals surface area contributed by atoms with Crippen LogP contribution in [0.2, 0.25) is 0 Å². The lowest BCUT2D eigenvalue weighted by atomic mass is 9.95. The minimum atomic E-state index is -0.214. The third kappa shape index (κ3) is 6.61. The molecule has 5 nitrogen and oxygen atoms in total. The molecule has 2 aromatic carbocycles. The summed E-state index contributed by atoms with van der Waals surface area (Å²) >= 11 is 0. The van der Waals surface area contributed by atoms with Crippen molar-refractivity contribution in [1.29, 1.82) is 0 Å². The summed E-state index contributed by atoms with van der Waals surface area (Å²) in [6, 6.07) is 14.4. The largest absolute Gasteiger partial charge is 0.494 e. The van der Waals surface area contributed by atoms with Crippen molar-refractivity contribution in [2.75, 3.05) is 11.9 Å². The predicted molar refractivity (Wildman–Crippen MR) is 120 cm³/mol. The Bertz CT molecular complexity index is 840. The van der Waals surface area contributed by atoms with Crippen molar-refractivity contribution >= 4 is 17.5 Å². The lowest BCUT2D eigenvalue weighted by molar-refractivity contribution is 0.0926. The summed E-state index contributed by atoms with van der Waals surface area (Å²) in [5.41, 5.74) is 1.71. The van der Waals surface area contributed by atoms with Gasteiger partial charge in [0.1, 0.15) is 5.75 Å². The molecule has 0 aliphatic heterocycles. The van der Waals surface area contributed by atoms with E-state index in [1.54, 1.807) is 36.4 Å². The number of rotatable bonds is 8. The fourth-order valence-corrected chi connectivity index (χ4v) is 3.57. The number of nitrogens with one attached hydrogen (secondary N) is 2. The van der Waals surface area contributed by atoms with Crippen molar-refractivity contribution in [1.82, 2.24) is 5.32 Å². The Hall–Kier alpha value is -2.82. The molecule has 2 N–H and O–H groups in total. The van der Waals surface area contributed by atoms with Crippen molar-refractivity contribution in [3.63, 3.8) is 0 Å². The summed E-state index contributed by atoms with van der Waals surface area (Å²) in [7, 11) is 0. The van der Waals surface area contributed by atoms with E-state index in [1.807, 2.05) is 12.1 Å². The summed E-state index contributed by atoms with van der Waals surface area (Å²) < 4.78 is 5.70. The van der Waals surface area contributed by atoms with Crippen LogP contribution in [0.3, 0.4) is 0 Å². The molecule has 2 amide bonds. The van der Waals surface area contributed by atoms with Gasteiger partial charge in [0.15, 0.2) is 0 Å². The SMILES string of the molecule is CC(C)CCOc1ccc(C(=O)Nc2cccc(C(=O)NC3CCCCC3)c2)cc1. The zero-order valence-electron chi connectivity index (χ0n) is 17.9. The maximum absolute atomic E-state index is 12.6. The third-order valence-electron chi connectivity index (χ3n) is 5.40. The first-order valence-electron chi connectivity index (χ1n) is 11.0. The second kappa shape index (κ2) is 10.8. The zero-order chi connectivity index (χ0) is 21.3. The van der Waals surface area contributed by atoms with Crippen LogP contribution in [0.5, 0.6) is 5.75 Å². The van der Waals surface area contributed by atoms with Gasteiger partial charge in [-0.15, -0.1) is 0 Å². The number of carbonyl (C=O) groups is 2. The van der Waals surface area contributed by atoms with Gasteiger partial charge in [-0.05, 0) is 67.6 Å². The highest BCUT2D eigenvalue weighted by atomic mass is 16.5. The number of hydrogen-bond donors (Lipinski definition) is 2. The standard InChI is InChI=1S/C25H32N2O3/c1-18(2)15-16-30-23-13-11-19(12-14-23)24(28)27-22-10-6-7-20(17-22)25(29)26-21-8-4-3-5-9-21/h6-7,10-14,17-18,21H,3-5,8-9,15-16H2,1-2H3,(H,26,29)(H,27,28). The van der Waals surface area contributed by atoms with Gasteiger partial charge in [-0.3, -0.25) is 9.59 Å². The Balaban J connectivity index is 1.56. The van der Waals surface area contributed by atoms with Crippen molar-refractivity contribution in [2.24, 2.45) is 5.92 Å². The van der Waals surface area contributed by atoms with Crippen molar-refractivity contribution < 1.29 is 14.3 Å². The van der Waals surface area contributed by atoms with E-state index >= 15 is 0 Å². The second-order valence-electron chi connectivity index (χ2n) is 8.40. The van der Waals surface area contributed by atoms with Crippen LogP contribution in [-0.4, -0.2) is 24.5 Å². The monoisotopic (exact) mass is 408 g/mol. The van der Waals surface area contributed by atoms with Crippen LogP contribution in [0.25, 0.3) is 0 Å². The van der Waals surface area contributed by atoms with E-state index in [1.165, 1.54) is 19.3 Å². The van der Waals surface area contributed by atoms with E-state index in [-0.39, 0.29) is 17.9 Å². The smallest absolute Gasteiger partial charge is 0.255 e. The van der Waals surface area contributed by atoms with Crippen LogP contribution in [0.1, 0.15) is 73.1 Å². The van der Waals surface area contributed by atoms with Gasteiger partial charge in [-0.25, -0.2) is 0 Å². The summed E-state index contributed by atoms with van der Waals surface area (Å²) in [6.45, 7) is 4.98. The molecule has 0 atom stereocenters. The highest BCUT2D eigenvalue weighted by Gasteiger charge is 2.17. The topological polar surface area (TPSA) is 67.4 Å². The molecule has 0 heterocycles. The quantitative estimate of drug-likeness (QED) is 0.612. The van der Waals surface area contributed by atoms with Crippen molar-refractivity contribution in [3.05, 3.63) is 59.7 Å². The van der Waals surface area contributed by atoms with Crippen molar-refractivity contribution in [3.8, 4) is 5.75 Å². The molecular formula is C25H32N2O3. The summed E-state index contributed by atoms with van der Waals surface area (Å²) in [6.07, 6.45) is 6.66. The first-order valence-corrected chi connectivity index (χ1v) is 11.0. The molecule has 1 aliphatic carbocycles. The first-order chi connectivity index (χ1) is 14.5. The molecule has 2 aromatic rings. The molecule has 0 unspecified atom stereocenters. The molecule has 30 heavy (non-hydrogen) atoms. The van der Waals surface area contributed by atoms with Gasteiger partial charge in [0.05, 0.1) is 6.61 Å². The number of amides is 2. The van der Waals surface area contributed by atoms with Crippen molar-refractivity contribution in [2.45, 2.75) is 58.4 Å². The molecule has 0 bridgehead atoms. The Morgan fingerprint density at radius 1 is 0.967 bits per heavy atom. The van der Waals surface area contributed by atoms with E-state index in [0.29, 0.717) is 29.3 Å². The van der Waals surface area contributed by atoms with E-state index in [0.717, 1.165) is 25.0 Å². The second-order valence-corrected chi connectivity index (χ2v) is 8.40. The minimum Gasteiger partial charge on any atom is -0.494 e. The Labute approximate surface area is 179 Å². The number of benzene rings is 2. The molecule has 0 aromatic heterocycles. The lowest BCUT2D eigenvalue weighted by Crippen LogP contribution is -2.36. The minimum absolute atomic E-state index is 0.0825. The maximum atomic E-state index is 12.6. The summed E-state index contributed by atoms with van der Waals surface area (Å²) in [5, 5.41) is 5.99. The van der Waals surface area contributed by atoms with E-state index in [9.17, 15) is 9.59 Å². The molecule has 1 saturated carbocycles. The van der Waals surface area contributed by atoms with Crippen LogP contribution < -0.4 is 15.4 Å². The number of carbonyl (C=O) groups excluding carboxylic acids is 2. The zero-order valence-corrected chi connectivity index (χ0v) is 17.9. The molecule has 3 rings (SSSR count). The molecule has 160 valence electrons. The van der Waals surface area contributed by atoms with Gasteiger partial charge in [0.2, 0.25) is 0 Å². The highest BCUT2D eigenvalue weighted by molar-refractivity contribution is 6.05. The molecule has 0 saturated heterocycles. The third-order valence-corrected chi connectivity index (χ3v) is 5.40. The van der Waals surface area contributed by atoms with Gasteiger partial charge in [0, 0.05) is 22.9 Å².